The van der Waals surface area contributed by atoms with Crippen LogP contribution in [0.1, 0.15) is 37.9 Å². The molecule has 1 aliphatic rings. The molecule has 1 N–H and O–H groups in total. The highest BCUT2D eigenvalue weighted by atomic mass is 16.5. The van der Waals surface area contributed by atoms with E-state index >= 15 is 0 Å². The maximum absolute atomic E-state index is 5.93. The van der Waals surface area contributed by atoms with Gasteiger partial charge in [-0.1, -0.05) is 6.92 Å². The van der Waals surface area contributed by atoms with Crippen LogP contribution in [-0.4, -0.2) is 49.5 Å². The number of rotatable bonds is 7. The van der Waals surface area contributed by atoms with Gasteiger partial charge in [0, 0.05) is 45.6 Å². The van der Waals surface area contributed by atoms with E-state index in [4.69, 9.17) is 14.2 Å². The Hall–Kier alpha value is -1.24. The Labute approximate surface area is 126 Å². The first kappa shape index (κ1) is 16.1. The van der Waals surface area contributed by atoms with Gasteiger partial charge in [0.05, 0.1) is 18.8 Å². The summed E-state index contributed by atoms with van der Waals surface area (Å²) >= 11 is 0. The fourth-order valence-electron chi connectivity index (χ4n) is 2.84. The summed E-state index contributed by atoms with van der Waals surface area (Å²) < 4.78 is 16.8. The van der Waals surface area contributed by atoms with Crippen molar-refractivity contribution in [2.75, 3.05) is 34.0 Å². The molecule has 6 nitrogen and oxygen atoms in total. The molecule has 0 aliphatic carbocycles. The number of methoxy groups -OCH3 is 2. The van der Waals surface area contributed by atoms with Crippen LogP contribution in [0, 0.1) is 0 Å². The molecule has 21 heavy (non-hydrogen) atoms. The van der Waals surface area contributed by atoms with Crippen molar-refractivity contribution in [1.29, 1.82) is 0 Å². The Morgan fingerprint density at radius 2 is 2.00 bits per heavy atom. The zero-order valence-electron chi connectivity index (χ0n) is 13.1. The third-order valence-electron chi connectivity index (χ3n) is 4.03. The van der Waals surface area contributed by atoms with Gasteiger partial charge >= 0.3 is 0 Å². The van der Waals surface area contributed by atoms with Crippen molar-refractivity contribution in [3.05, 3.63) is 18.1 Å². The monoisotopic (exact) mass is 295 g/mol. The largest absolute Gasteiger partial charge is 0.480 e. The molecule has 1 saturated heterocycles. The lowest BCUT2D eigenvalue weighted by Gasteiger charge is -2.42. The molecule has 118 valence electrons. The van der Waals surface area contributed by atoms with Crippen LogP contribution >= 0.6 is 0 Å². The molecule has 0 bridgehead atoms. The third-order valence-corrected chi connectivity index (χ3v) is 4.03. The van der Waals surface area contributed by atoms with Gasteiger partial charge in [0.2, 0.25) is 5.88 Å². The average Bonchev–Trinajstić information content (AvgIpc) is 2.56. The first-order valence-corrected chi connectivity index (χ1v) is 7.48. The molecule has 0 amide bonds. The van der Waals surface area contributed by atoms with E-state index in [0.717, 1.165) is 31.5 Å². The van der Waals surface area contributed by atoms with Crippen molar-refractivity contribution >= 4 is 0 Å². The highest BCUT2D eigenvalue weighted by Crippen LogP contribution is 2.38. The molecule has 1 aromatic rings. The molecule has 0 aromatic carbocycles. The molecule has 2 rings (SSSR count). The van der Waals surface area contributed by atoms with Gasteiger partial charge in [-0.2, -0.15) is 0 Å². The van der Waals surface area contributed by atoms with Crippen molar-refractivity contribution in [2.45, 2.75) is 37.8 Å². The number of nitrogens with one attached hydrogen (secondary N) is 1. The number of hydrogen-bond acceptors (Lipinski definition) is 6. The first-order chi connectivity index (χ1) is 10.3. The van der Waals surface area contributed by atoms with Crippen molar-refractivity contribution in [1.82, 2.24) is 15.3 Å². The van der Waals surface area contributed by atoms with Crippen LogP contribution in [0.4, 0.5) is 0 Å². The Morgan fingerprint density at radius 3 is 2.62 bits per heavy atom. The van der Waals surface area contributed by atoms with Crippen LogP contribution in [0.5, 0.6) is 5.88 Å². The number of aromatic nitrogens is 2. The summed E-state index contributed by atoms with van der Waals surface area (Å²) in [5.41, 5.74) is 0.466. The fourth-order valence-corrected chi connectivity index (χ4v) is 2.84. The second-order valence-corrected chi connectivity index (χ2v) is 5.22. The molecule has 0 spiro atoms. The fraction of sp³-hybridized carbons (Fsp3) is 0.733. The molecule has 2 heterocycles. The van der Waals surface area contributed by atoms with Crippen LogP contribution in [0.2, 0.25) is 0 Å². The van der Waals surface area contributed by atoms with Crippen molar-refractivity contribution in [3.63, 3.8) is 0 Å². The summed E-state index contributed by atoms with van der Waals surface area (Å²) in [5, 5.41) is 3.56. The van der Waals surface area contributed by atoms with Gasteiger partial charge in [-0.25, -0.2) is 4.98 Å². The van der Waals surface area contributed by atoms with Gasteiger partial charge in [-0.15, -0.1) is 0 Å². The minimum atomic E-state index is -0.337. The smallest absolute Gasteiger partial charge is 0.237 e. The van der Waals surface area contributed by atoms with Crippen molar-refractivity contribution in [3.8, 4) is 5.88 Å². The van der Waals surface area contributed by atoms with Crippen LogP contribution in [-0.2, 0) is 9.47 Å². The maximum atomic E-state index is 5.93. The Kier molecular flexibility index (Phi) is 5.90. The summed E-state index contributed by atoms with van der Waals surface area (Å²) in [6.07, 6.45) is 6.02. The summed E-state index contributed by atoms with van der Waals surface area (Å²) in [7, 11) is 3.38. The van der Waals surface area contributed by atoms with E-state index in [-0.39, 0.29) is 11.6 Å². The van der Waals surface area contributed by atoms with Gasteiger partial charge in [0.15, 0.2) is 0 Å². The zero-order chi connectivity index (χ0) is 15.1. The lowest BCUT2D eigenvalue weighted by molar-refractivity contribution is -0.112. The number of nitrogens with zero attached hydrogens (tertiary/aromatic N) is 2. The summed E-state index contributed by atoms with van der Waals surface area (Å²) in [5.74, 6) is 0.550. The number of ether oxygens (including phenoxy) is 3. The zero-order valence-corrected chi connectivity index (χ0v) is 13.1. The minimum absolute atomic E-state index is 0.0602. The molecular formula is C15H25N3O3. The minimum Gasteiger partial charge on any atom is -0.480 e. The molecule has 1 aliphatic heterocycles. The van der Waals surface area contributed by atoms with E-state index in [1.165, 1.54) is 0 Å². The van der Waals surface area contributed by atoms with Gasteiger partial charge in [-0.3, -0.25) is 4.98 Å². The van der Waals surface area contributed by atoms with Gasteiger partial charge < -0.3 is 19.5 Å². The van der Waals surface area contributed by atoms with Gasteiger partial charge in [0.25, 0.3) is 0 Å². The first-order valence-electron chi connectivity index (χ1n) is 7.48. The second kappa shape index (κ2) is 7.68. The SMILES string of the molecule is CCCNC(c1nccnc1OC)C1(OC)CCOCC1. The van der Waals surface area contributed by atoms with E-state index in [1.807, 2.05) is 0 Å². The predicted octanol–water partition coefficient (Wildman–Crippen LogP) is 1.72. The molecule has 6 heteroatoms. The van der Waals surface area contributed by atoms with Crippen molar-refractivity contribution < 1.29 is 14.2 Å². The van der Waals surface area contributed by atoms with E-state index in [2.05, 4.69) is 22.2 Å². The average molecular weight is 295 g/mol. The molecular weight excluding hydrogens is 270 g/mol. The van der Waals surface area contributed by atoms with Crippen LogP contribution in [0.15, 0.2) is 12.4 Å². The van der Waals surface area contributed by atoms with E-state index < -0.39 is 0 Å². The van der Waals surface area contributed by atoms with Gasteiger partial charge in [0.1, 0.15) is 5.69 Å². The van der Waals surface area contributed by atoms with Crippen LogP contribution in [0.3, 0.4) is 0 Å². The van der Waals surface area contributed by atoms with Crippen LogP contribution < -0.4 is 10.1 Å². The van der Waals surface area contributed by atoms with Crippen molar-refractivity contribution in [2.24, 2.45) is 0 Å². The summed E-state index contributed by atoms with van der Waals surface area (Å²) in [4.78, 5) is 8.78. The van der Waals surface area contributed by atoms with E-state index in [0.29, 0.717) is 19.1 Å². The molecule has 1 unspecified atom stereocenters. The summed E-state index contributed by atoms with van der Waals surface area (Å²) in [6.45, 7) is 4.42. The number of hydrogen-bond donors (Lipinski definition) is 1. The molecule has 1 fully saturated rings. The van der Waals surface area contributed by atoms with Gasteiger partial charge in [-0.05, 0) is 13.0 Å². The third kappa shape index (κ3) is 3.51. The molecule has 0 radical (unpaired) electrons. The highest BCUT2D eigenvalue weighted by Gasteiger charge is 2.43. The maximum Gasteiger partial charge on any atom is 0.237 e. The normalized spacial score (nSPS) is 19.2. The Bertz CT molecular complexity index is 436. The van der Waals surface area contributed by atoms with E-state index in [9.17, 15) is 0 Å². The quantitative estimate of drug-likeness (QED) is 0.826. The predicted molar refractivity (Wildman–Crippen MR) is 79.4 cm³/mol. The Morgan fingerprint density at radius 1 is 1.29 bits per heavy atom. The lowest BCUT2D eigenvalue weighted by Crippen LogP contribution is -2.50. The van der Waals surface area contributed by atoms with Crippen LogP contribution in [0.25, 0.3) is 0 Å². The highest BCUT2D eigenvalue weighted by molar-refractivity contribution is 5.25. The second-order valence-electron chi connectivity index (χ2n) is 5.22. The lowest BCUT2D eigenvalue weighted by atomic mass is 9.84. The summed E-state index contributed by atoms with van der Waals surface area (Å²) in [6, 6.07) is -0.0602. The molecule has 1 atom stereocenters. The Balaban J connectivity index is 2.36. The molecule has 1 aromatic heterocycles. The van der Waals surface area contributed by atoms with E-state index in [1.54, 1.807) is 26.6 Å². The standard InChI is InChI=1S/C15H25N3O3/c1-4-7-17-13(12-14(19-2)18-9-8-16-12)15(20-3)5-10-21-11-6-15/h8-9,13,17H,4-7,10-11H2,1-3H3. The topological polar surface area (TPSA) is 65.5 Å². The molecule has 0 saturated carbocycles.